The molecule has 0 aromatic heterocycles. The number of methoxy groups -OCH3 is 1. The number of urea groups is 1. The molecule has 2 amide bonds. The van der Waals surface area contributed by atoms with Crippen LogP contribution in [0.3, 0.4) is 0 Å². The predicted molar refractivity (Wildman–Crippen MR) is 98.6 cm³/mol. The van der Waals surface area contributed by atoms with Gasteiger partial charge in [-0.1, -0.05) is 0 Å². The van der Waals surface area contributed by atoms with Crippen LogP contribution in [0.4, 0.5) is 4.79 Å². The Morgan fingerprint density at radius 1 is 1.15 bits per heavy atom. The van der Waals surface area contributed by atoms with Crippen molar-refractivity contribution in [3.8, 4) is 0 Å². The molecule has 0 aromatic carbocycles. The molecule has 1 saturated carbocycles. The molecule has 0 aromatic rings. The van der Waals surface area contributed by atoms with E-state index in [-0.39, 0.29) is 37.2 Å². The first-order chi connectivity index (χ1) is 12.6. The smallest absolute Gasteiger partial charge is 0.317 e. The van der Waals surface area contributed by atoms with Crippen molar-refractivity contribution in [2.24, 2.45) is 0 Å². The second kappa shape index (κ2) is 11.7. The molecule has 1 saturated heterocycles. The van der Waals surface area contributed by atoms with Gasteiger partial charge in [-0.25, -0.2) is 4.79 Å². The standard InChI is InChI=1S/C17H35N5O4/c1-12-11-15(18-7-9-26-10-8-23)21-16(19-12)22-17(24)20-13-3-5-14(25-2)6-4-13/h12-16,18-19,21,23H,3-11H2,1-2H3,(H2,20,22,24). The molecule has 0 bridgehead atoms. The fraction of sp³-hybridized carbons (Fsp3) is 0.941. The molecule has 2 fully saturated rings. The topological polar surface area (TPSA) is 116 Å². The summed E-state index contributed by atoms with van der Waals surface area (Å²) in [7, 11) is 1.75. The van der Waals surface area contributed by atoms with Gasteiger partial charge in [0.2, 0.25) is 0 Å². The highest BCUT2D eigenvalue weighted by Crippen LogP contribution is 2.20. The van der Waals surface area contributed by atoms with E-state index >= 15 is 0 Å². The number of carbonyl (C=O) groups excluding carboxylic acids is 1. The van der Waals surface area contributed by atoms with Crippen molar-refractivity contribution in [1.29, 1.82) is 0 Å². The summed E-state index contributed by atoms with van der Waals surface area (Å²) in [5.74, 6) is 0. The van der Waals surface area contributed by atoms with Crippen LogP contribution in [-0.4, -0.2) is 75.3 Å². The molecule has 2 aliphatic rings. The lowest BCUT2D eigenvalue weighted by atomic mass is 9.93. The number of hydrogen-bond acceptors (Lipinski definition) is 7. The van der Waals surface area contributed by atoms with Gasteiger partial charge < -0.3 is 25.2 Å². The van der Waals surface area contributed by atoms with Crippen molar-refractivity contribution >= 4 is 6.03 Å². The van der Waals surface area contributed by atoms with Crippen LogP contribution in [0.5, 0.6) is 0 Å². The number of nitrogens with one attached hydrogen (secondary N) is 5. The Morgan fingerprint density at radius 2 is 1.92 bits per heavy atom. The minimum atomic E-state index is -0.287. The van der Waals surface area contributed by atoms with E-state index in [1.54, 1.807) is 7.11 Å². The summed E-state index contributed by atoms with van der Waals surface area (Å²) in [4.78, 5) is 12.3. The Labute approximate surface area is 155 Å². The highest BCUT2D eigenvalue weighted by Gasteiger charge is 2.27. The van der Waals surface area contributed by atoms with Crippen LogP contribution in [0.25, 0.3) is 0 Å². The molecule has 26 heavy (non-hydrogen) atoms. The quantitative estimate of drug-likeness (QED) is 0.300. The van der Waals surface area contributed by atoms with E-state index < -0.39 is 0 Å². The monoisotopic (exact) mass is 373 g/mol. The van der Waals surface area contributed by atoms with Gasteiger partial charge in [0.25, 0.3) is 0 Å². The first-order valence-corrected chi connectivity index (χ1v) is 9.64. The second-order valence-corrected chi connectivity index (χ2v) is 7.07. The second-order valence-electron chi connectivity index (χ2n) is 7.07. The Kier molecular flexibility index (Phi) is 9.58. The Morgan fingerprint density at radius 3 is 2.62 bits per heavy atom. The molecule has 2 rings (SSSR count). The summed E-state index contributed by atoms with van der Waals surface area (Å²) in [5.41, 5.74) is 0. The van der Waals surface area contributed by atoms with Crippen molar-refractivity contribution in [3.63, 3.8) is 0 Å². The van der Waals surface area contributed by atoms with Crippen molar-refractivity contribution in [3.05, 3.63) is 0 Å². The van der Waals surface area contributed by atoms with E-state index in [2.05, 4.69) is 33.5 Å². The maximum absolute atomic E-state index is 12.3. The zero-order valence-electron chi connectivity index (χ0n) is 15.9. The third-order valence-corrected chi connectivity index (χ3v) is 4.90. The first-order valence-electron chi connectivity index (χ1n) is 9.64. The number of amides is 2. The molecule has 3 atom stereocenters. The fourth-order valence-corrected chi connectivity index (χ4v) is 3.52. The maximum Gasteiger partial charge on any atom is 0.317 e. The number of hydrogen-bond donors (Lipinski definition) is 6. The van der Waals surface area contributed by atoms with Gasteiger partial charge in [-0.2, -0.15) is 0 Å². The lowest BCUT2D eigenvalue weighted by molar-refractivity contribution is 0.0633. The Bertz CT molecular complexity index is 407. The highest BCUT2D eigenvalue weighted by molar-refractivity contribution is 5.74. The molecule has 152 valence electrons. The molecule has 9 heteroatoms. The van der Waals surface area contributed by atoms with E-state index in [4.69, 9.17) is 14.6 Å². The van der Waals surface area contributed by atoms with Crippen LogP contribution in [-0.2, 0) is 9.47 Å². The molecule has 9 nitrogen and oxygen atoms in total. The lowest BCUT2D eigenvalue weighted by Gasteiger charge is -2.37. The van der Waals surface area contributed by atoms with E-state index in [0.29, 0.717) is 25.9 Å². The average Bonchev–Trinajstić information content (AvgIpc) is 2.61. The predicted octanol–water partition coefficient (Wildman–Crippen LogP) is -0.577. The lowest BCUT2D eigenvalue weighted by Crippen LogP contribution is -2.68. The fourth-order valence-electron chi connectivity index (χ4n) is 3.52. The minimum absolute atomic E-state index is 0.0385. The third kappa shape index (κ3) is 7.73. The van der Waals surface area contributed by atoms with Gasteiger partial charge >= 0.3 is 6.03 Å². The summed E-state index contributed by atoms with van der Waals surface area (Å²) in [5, 5.41) is 24.7. The molecule has 1 aliphatic heterocycles. The van der Waals surface area contributed by atoms with Crippen LogP contribution < -0.4 is 26.6 Å². The molecule has 6 N–H and O–H groups in total. The van der Waals surface area contributed by atoms with Crippen molar-refractivity contribution in [2.45, 2.75) is 69.7 Å². The Hall–Kier alpha value is -0.970. The summed E-state index contributed by atoms with van der Waals surface area (Å²) in [6.07, 6.45) is 4.91. The largest absolute Gasteiger partial charge is 0.394 e. The van der Waals surface area contributed by atoms with Gasteiger partial charge in [-0.05, 0) is 39.0 Å². The Balaban J connectivity index is 1.66. The van der Waals surface area contributed by atoms with Crippen molar-refractivity contribution < 1.29 is 19.4 Å². The number of carbonyl (C=O) groups is 1. The van der Waals surface area contributed by atoms with Crippen molar-refractivity contribution in [1.82, 2.24) is 26.6 Å². The zero-order chi connectivity index (χ0) is 18.8. The van der Waals surface area contributed by atoms with Gasteiger partial charge in [0.15, 0.2) is 0 Å². The minimum Gasteiger partial charge on any atom is -0.394 e. The summed E-state index contributed by atoms with van der Waals surface area (Å²) in [6, 6.07) is 0.324. The molecule has 1 heterocycles. The van der Waals surface area contributed by atoms with E-state index in [1.807, 2.05) is 0 Å². The molecule has 0 radical (unpaired) electrons. The summed E-state index contributed by atoms with van der Waals surface area (Å²) in [6.45, 7) is 3.72. The first kappa shape index (κ1) is 21.3. The molecule has 1 aliphatic carbocycles. The van der Waals surface area contributed by atoms with Gasteiger partial charge in [0, 0.05) is 25.7 Å². The number of rotatable bonds is 9. The summed E-state index contributed by atoms with van der Waals surface area (Å²) >= 11 is 0. The molecule has 0 spiro atoms. The van der Waals surface area contributed by atoms with E-state index in [1.165, 1.54) is 0 Å². The van der Waals surface area contributed by atoms with Crippen LogP contribution in [0.15, 0.2) is 0 Å². The SMILES string of the molecule is COC1CCC(NC(=O)NC2NC(C)CC(NCCOCCO)N2)CC1. The van der Waals surface area contributed by atoms with Gasteiger partial charge in [0.1, 0.15) is 6.29 Å². The van der Waals surface area contributed by atoms with Gasteiger partial charge in [-0.3, -0.25) is 16.0 Å². The number of ether oxygens (including phenoxy) is 2. The maximum atomic E-state index is 12.3. The van der Waals surface area contributed by atoms with Crippen LogP contribution in [0.1, 0.15) is 39.0 Å². The molecule has 3 unspecified atom stereocenters. The molecular weight excluding hydrogens is 338 g/mol. The number of aliphatic hydroxyl groups is 1. The van der Waals surface area contributed by atoms with Crippen molar-refractivity contribution in [2.75, 3.05) is 33.5 Å². The highest BCUT2D eigenvalue weighted by atomic mass is 16.5. The summed E-state index contributed by atoms with van der Waals surface area (Å²) < 4.78 is 10.6. The van der Waals surface area contributed by atoms with E-state index in [9.17, 15) is 4.79 Å². The molecular formula is C17H35N5O4. The van der Waals surface area contributed by atoms with Gasteiger partial charge in [0.05, 0.1) is 32.1 Å². The normalized spacial score (nSPS) is 32.2. The van der Waals surface area contributed by atoms with Crippen LogP contribution >= 0.6 is 0 Å². The third-order valence-electron chi connectivity index (χ3n) is 4.90. The van der Waals surface area contributed by atoms with E-state index in [0.717, 1.165) is 32.1 Å². The van der Waals surface area contributed by atoms with Crippen LogP contribution in [0.2, 0.25) is 0 Å². The van der Waals surface area contributed by atoms with Gasteiger partial charge in [-0.15, -0.1) is 0 Å². The zero-order valence-corrected chi connectivity index (χ0v) is 15.9. The van der Waals surface area contributed by atoms with Crippen LogP contribution in [0, 0.1) is 0 Å². The average molecular weight is 373 g/mol. The number of aliphatic hydroxyl groups excluding tert-OH is 1.